The summed E-state index contributed by atoms with van der Waals surface area (Å²) in [5.74, 6) is -0.881. The van der Waals surface area contributed by atoms with Gasteiger partial charge in [-0.3, -0.25) is 9.80 Å². The highest BCUT2D eigenvalue weighted by molar-refractivity contribution is 5.76. The van der Waals surface area contributed by atoms with Crippen molar-refractivity contribution >= 4 is 12.2 Å². The summed E-state index contributed by atoms with van der Waals surface area (Å²) in [4.78, 5) is 4.61. The van der Waals surface area contributed by atoms with Gasteiger partial charge in [0.25, 0.3) is 0 Å². The molecule has 3 aliphatic rings. The second-order valence-electron chi connectivity index (χ2n) is 8.61. The molecule has 5 rings (SSSR count). The van der Waals surface area contributed by atoms with E-state index >= 15 is 0 Å². The fraction of sp³-hybridized carbons (Fsp3) is 0.440. The standard InChI is InChI=1S/C25H30N2O4/c28-17-21(29)15-26-11-13-27(14-12-26)16-22-18-30-25(31-22)23-7-3-1-5-19(23)9-10-20-6-2-4-8-24(20)25/h1-10,21-22,28-29H,11-18H2. The number of benzene rings is 2. The lowest BCUT2D eigenvalue weighted by Crippen LogP contribution is -2.50. The number of hydrogen-bond acceptors (Lipinski definition) is 6. The molecule has 0 aromatic heterocycles. The van der Waals surface area contributed by atoms with Gasteiger partial charge >= 0.3 is 0 Å². The molecule has 2 aromatic carbocycles. The van der Waals surface area contributed by atoms with E-state index < -0.39 is 11.9 Å². The van der Waals surface area contributed by atoms with Gasteiger partial charge in [-0.05, 0) is 11.1 Å². The average Bonchev–Trinajstić information content (AvgIpc) is 3.18. The Morgan fingerprint density at radius 2 is 1.48 bits per heavy atom. The van der Waals surface area contributed by atoms with Crippen molar-refractivity contribution in [2.24, 2.45) is 0 Å². The highest BCUT2D eigenvalue weighted by Gasteiger charge is 2.47. The zero-order valence-electron chi connectivity index (χ0n) is 17.7. The Morgan fingerprint density at radius 3 is 2.10 bits per heavy atom. The molecule has 2 atom stereocenters. The largest absolute Gasteiger partial charge is 0.394 e. The summed E-state index contributed by atoms with van der Waals surface area (Å²) in [7, 11) is 0. The van der Waals surface area contributed by atoms with Gasteiger partial charge in [-0.2, -0.15) is 0 Å². The molecular formula is C25H30N2O4. The lowest BCUT2D eigenvalue weighted by atomic mass is 9.93. The molecule has 2 fully saturated rings. The maximum atomic E-state index is 9.68. The van der Waals surface area contributed by atoms with Crippen LogP contribution in [0.15, 0.2) is 48.5 Å². The minimum Gasteiger partial charge on any atom is -0.394 e. The van der Waals surface area contributed by atoms with Crippen LogP contribution in [0.5, 0.6) is 0 Å². The predicted octanol–water partition coefficient (Wildman–Crippen LogP) is 1.76. The molecule has 0 saturated carbocycles. The maximum Gasteiger partial charge on any atom is 0.224 e. The summed E-state index contributed by atoms with van der Waals surface area (Å²) < 4.78 is 13.2. The number of ether oxygens (including phenoxy) is 2. The van der Waals surface area contributed by atoms with E-state index in [1.165, 1.54) is 0 Å². The third-order valence-electron chi connectivity index (χ3n) is 6.48. The van der Waals surface area contributed by atoms with Crippen LogP contribution in [0.3, 0.4) is 0 Å². The van der Waals surface area contributed by atoms with E-state index in [0.29, 0.717) is 13.2 Å². The van der Waals surface area contributed by atoms with E-state index in [9.17, 15) is 5.11 Å². The van der Waals surface area contributed by atoms with Gasteiger partial charge in [0, 0.05) is 50.4 Å². The van der Waals surface area contributed by atoms with E-state index in [1.54, 1.807) is 0 Å². The summed E-state index contributed by atoms with van der Waals surface area (Å²) in [6.45, 7) is 5.29. The fourth-order valence-corrected chi connectivity index (χ4v) is 4.89. The predicted molar refractivity (Wildman–Crippen MR) is 119 cm³/mol. The third kappa shape index (κ3) is 4.07. The van der Waals surface area contributed by atoms with Crippen LogP contribution in [0.4, 0.5) is 0 Å². The van der Waals surface area contributed by atoms with Gasteiger partial charge in [-0.1, -0.05) is 60.7 Å². The SMILES string of the molecule is OCC(O)CN1CCN(CC2COC3(O2)c2ccccc2C=Cc2ccccc23)CC1. The molecule has 1 spiro atoms. The Balaban J connectivity index is 1.32. The number of rotatable bonds is 5. The molecule has 2 heterocycles. The van der Waals surface area contributed by atoms with Gasteiger partial charge in [0.1, 0.15) is 0 Å². The van der Waals surface area contributed by atoms with E-state index in [-0.39, 0.29) is 12.7 Å². The number of hydrogen-bond donors (Lipinski definition) is 2. The van der Waals surface area contributed by atoms with Crippen LogP contribution in [-0.2, 0) is 15.3 Å². The number of nitrogens with zero attached hydrogens (tertiary/aromatic N) is 2. The number of β-amino-alcohol motifs (C(OH)–C–C–N with tert-alkyl or cyclic N) is 1. The van der Waals surface area contributed by atoms with Crippen LogP contribution >= 0.6 is 0 Å². The van der Waals surface area contributed by atoms with Gasteiger partial charge in [-0.15, -0.1) is 0 Å². The van der Waals surface area contributed by atoms with Crippen molar-refractivity contribution in [2.75, 3.05) is 52.5 Å². The molecule has 0 radical (unpaired) electrons. The number of aliphatic hydroxyl groups excluding tert-OH is 2. The first kappa shape index (κ1) is 20.8. The molecule has 2 unspecified atom stereocenters. The van der Waals surface area contributed by atoms with Crippen molar-refractivity contribution in [2.45, 2.75) is 18.0 Å². The summed E-state index contributed by atoms with van der Waals surface area (Å²) in [6.07, 6.45) is 3.60. The Bertz CT molecular complexity index is 889. The number of piperazine rings is 1. The van der Waals surface area contributed by atoms with Crippen molar-refractivity contribution in [1.82, 2.24) is 9.80 Å². The van der Waals surface area contributed by atoms with Gasteiger partial charge in [0.05, 0.1) is 25.4 Å². The average molecular weight is 423 g/mol. The topological polar surface area (TPSA) is 65.4 Å². The molecule has 2 aromatic rings. The molecule has 6 heteroatoms. The molecule has 2 saturated heterocycles. The first-order valence-electron chi connectivity index (χ1n) is 11.1. The lowest BCUT2D eigenvalue weighted by Gasteiger charge is -2.36. The van der Waals surface area contributed by atoms with Crippen molar-refractivity contribution in [1.29, 1.82) is 0 Å². The van der Waals surface area contributed by atoms with E-state index in [2.05, 4.69) is 46.2 Å². The first-order valence-corrected chi connectivity index (χ1v) is 11.1. The summed E-state index contributed by atoms with van der Waals surface area (Å²) in [5.41, 5.74) is 4.36. The zero-order chi connectivity index (χ0) is 21.3. The zero-order valence-corrected chi connectivity index (χ0v) is 17.7. The summed E-state index contributed by atoms with van der Waals surface area (Å²) in [6, 6.07) is 16.6. The highest BCUT2D eigenvalue weighted by atomic mass is 16.7. The second-order valence-corrected chi connectivity index (χ2v) is 8.61. The third-order valence-corrected chi connectivity index (χ3v) is 6.48. The lowest BCUT2D eigenvalue weighted by molar-refractivity contribution is -0.145. The van der Waals surface area contributed by atoms with Crippen LogP contribution < -0.4 is 0 Å². The van der Waals surface area contributed by atoms with Gasteiger partial charge < -0.3 is 19.7 Å². The molecule has 31 heavy (non-hydrogen) atoms. The van der Waals surface area contributed by atoms with E-state index in [0.717, 1.165) is 55.0 Å². The highest BCUT2D eigenvalue weighted by Crippen LogP contribution is 2.45. The van der Waals surface area contributed by atoms with Crippen molar-refractivity contribution in [3.63, 3.8) is 0 Å². The Hall–Kier alpha value is -2.06. The van der Waals surface area contributed by atoms with Gasteiger partial charge in [0.15, 0.2) is 0 Å². The number of aliphatic hydroxyl groups is 2. The molecular weight excluding hydrogens is 392 g/mol. The van der Waals surface area contributed by atoms with Gasteiger partial charge in [0.2, 0.25) is 5.79 Å². The Labute approximate surface area is 183 Å². The Morgan fingerprint density at radius 1 is 0.903 bits per heavy atom. The molecule has 6 nitrogen and oxygen atoms in total. The molecule has 2 aliphatic heterocycles. The van der Waals surface area contributed by atoms with Crippen molar-refractivity contribution in [3.05, 3.63) is 70.8 Å². The molecule has 164 valence electrons. The molecule has 1 aliphatic carbocycles. The van der Waals surface area contributed by atoms with Crippen molar-refractivity contribution < 1.29 is 19.7 Å². The Kier molecular flexibility index (Phi) is 5.93. The van der Waals surface area contributed by atoms with Crippen LogP contribution in [0.1, 0.15) is 22.3 Å². The summed E-state index contributed by atoms with van der Waals surface area (Å²) >= 11 is 0. The number of fused-ring (bicyclic) bond motifs is 4. The molecule has 0 amide bonds. The normalized spacial score (nSPS) is 24.0. The monoisotopic (exact) mass is 422 g/mol. The maximum absolute atomic E-state index is 9.68. The quantitative estimate of drug-likeness (QED) is 0.766. The first-order chi connectivity index (χ1) is 15.2. The minimum atomic E-state index is -0.881. The summed E-state index contributed by atoms with van der Waals surface area (Å²) in [5, 5.41) is 18.7. The van der Waals surface area contributed by atoms with E-state index in [1.807, 2.05) is 24.3 Å². The smallest absolute Gasteiger partial charge is 0.224 e. The van der Waals surface area contributed by atoms with Crippen LogP contribution in [0.25, 0.3) is 12.2 Å². The minimum absolute atomic E-state index is 0.0196. The van der Waals surface area contributed by atoms with Crippen LogP contribution in [0.2, 0.25) is 0 Å². The second kappa shape index (κ2) is 8.82. The van der Waals surface area contributed by atoms with Crippen molar-refractivity contribution in [3.8, 4) is 0 Å². The van der Waals surface area contributed by atoms with Crippen LogP contribution in [-0.4, -0.2) is 84.7 Å². The van der Waals surface area contributed by atoms with E-state index in [4.69, 9.17) is 14.6 Å². The molecule has 0 bridgehead atoms. The van der Waals surface area contributed by atoms with Crippen LogP contribution in [0, 0.1) is 0 Å². The van der Waals surface area contributed by atoms with Gasteiger partial charge in [-0.25, -0.2) is 0 Å². The fourth-order valence-electron chi connectivity index (χ4n) is 4.89. The molecule has 2 N–H and O–H groups in total.